The van der Waals surface area contributed by atoms with Gasteiger partial charge in [0.25, 0.3) is 0 Å². The summed E-state index contributed by atoms with van der Waals surface area (Å²) in [6, 6.07) is 0. The summed E-state index contributed by atoms with van der Waals surface area (Å²) in [5.74, 6) is 4.52. The third-order valence-corrected chi connectivity index (χ3v) is 18.0. The second-order valence-corrected chi connectivity index (χ2v) is 20.4. The molecule has 0 saturated heterocycles. The molecule has 6 saturated carbocycles. The first-order valence-electron chi connectivity index (χ1n) is 22.5. The Balaban J connectivity index is 0.000000183. The van der Waals surface area contributed by atoms with Crippen LogP contribution in [0.25, 0.3) is 0 Å². The number of fused-ring (bicyclic) bond motifs is 10. The van der Waals surface area contributed by atoms with Gasteiger partial charge < -0.3 is 19.7 Å². The second-order valence-electron chi connectivity index (χ2n) is 20.4. The van der Waals surface area contributed by atoms with E-state index in [4.69, 9.17) is 9.47 Å². The van der Waals surface area contributed by atoms with Crippen LogP contribution < -0.4 is 0 Å². The van der Waals surface area contributed by atoms with E-state index >= 15 is 0 Å². The normalized spacial score (nSPS) is 45.5. The van der Waals surface area contributed by atoms with E-state index in [1.807, 2.05) is 19.9 Å². The summed E-state index contributed by atoms with van der Waals surface area (Å²) < 4.78 is 11.4. The van der Waals surface area contributed by atoms with E-state index < -0.39 is 0 Å². The van der Waals surface area contributed by atoms with Crippen molar-refractivity contribution in [2.75, 3.05) is 6.61 Å². The Bertz CT molecular complexity index is 1510. The average molecular weight is 747 g/mol. The van der Waals surface area contributed by atoms with Crippen molar-refractivity contribution >= 4 is 11.8 Å². The Hall–Kier alpha value is -1.76. The molecule has 8 aliphatic rings. The fourth-order valence-electron chi connectivity index (χ4n) is 14.6. The Morgan fingerprint density at radius 2 is 1.28 bits per heavy atom. The number of rotatable bonds is 7. The van der Waals surface area contributed by atoms with E-state index in [0.717, 1.165) is 99.9 Å². The summed E-state index contributed by atoms with van der Waals surface area (Å²) in [5, 5.41) is 21.1. The number of aliphatic hydroxyl groups excluding tert-OH is 2. The molecule has 0 aromatic rings. The minimum absolute atomic E-state index is 0.0823. The van der Waals surface area contributed by atoms with E-state index in [9.17, 15) is 19.8 Å². The molecule has 0 heterocycles. The summed E-state index contributed by atoms with van der Waals surface area (Å²) >= 11 is 0. The summed E-state index contributed by atoms with van der Waals surface area (Å²) in [7, 11) is 0. The Kier molecular flexibility index (Phi) is 11.6. The maximum atomic E-state index is 12.7. The molecule has 2 unspecified atom stereocenters. The van der Waals surface area contributed by atoms with Gasteiger partial charge in [0.15, 0.2) is 5.78 Å². The number of hydrogen-bond donors (Lipinski definition) is 2. The third-order valence-electron chi connectivity index (χ3n) is 18.0. The number of esters is 1. The van der Waals surface area contributed by atoms with Gasteiger partial charge in [-0.1, -0.05) is 51.8 Å². The van der Waals surface area contributed by atoms with Crippen molar-refractivity contribution in [3.8, 4) is 0 Å². The second kappa shape index (κ2) is 15.5. The van der Waals surface area contributed by atoms with Crippen LogP contribution in [-0.4, -0.2) is 53.0 Å². The third kappa shape index (κ3) is 7.07. The standard InChI is InChI=1S/C29H46O4.C19H28O2/c1-6-22(16-19(3)32-7-2)33-27(31)18-20-12-14-28(4)21(17-20)8-9-23-24-10-11-26(30)29(24,5)15-13-25(23)28;1-18-9-7-13(20)11-12(18)3-4-14-15-5-6-17(21)19(15,2)10-8-16(14)18/h17-19,22-26,30H,6-16H2,1-5H3;11,14-17,21H,3-10H2,1-2H3/b20-18-;/t19?,22?,23-,24-,25-,26-,28-,29-;14-,15-,16-,17-,18-,19-/m00/s1. The predicted molar refractivity (Wildman–Crippen MR) is 214 cm³/mol. The van der Waals surface area contributed by atoms with Crippen LogP contribution >= 0.6 is 0 Å². The van der Waals surface area contributed by atoms with Gasteiger partial charge >= 0.3 is 5.97 Å². The lowest BCUT2D eigenvalue weighted by molar-refractivity contribution is -0.144. The number of allylic oxidation sites excluding steroid dienone is 4. The van der Waals surface area contributed by atoms with Crippen molar-refractivity contribution in [2.24, 2.45) is 57.2 Å². The molecule has 0 radical (unpaired) electrons. The zero-order chi connectivity index (χ0) is 38.6. The molecule has 6 nitrogen and oxygen atoms in total. The maximum absolute atomic E-state index is 12.7. The lowest BCUT2D eigenvalue weighted by atomic mass is 9.47. The fraction of sp³-hybridized carbons (Fsp3) is 0.833. The van der Waals surface area contributed by atoms with E-state index in [0.29, 0.717) is 24.2 Å². The van der Waals surface area contributed by atoms with Crippen LogP contribution in [0, 0.1) is 57.2 Å². The van der Waals surface area contributed by atoms with Crippen molar-refractivity contribution in [1.82, 2.24) is 0 Å². The molecule has 6 heteroatoms. The predicted octanol–water partition coefficient (Wildman–Crippen LogP) is 10.3. The highest BCUT2D eigenvalue weighted by atomic mass is 16.5. The molecular formula is C48H74O6. The van der Waals surface area contributed by atoms with E-state index in [-0.39, 0.29) is 52.0 Å². The molecule has 0 aromatic heterocycles. The van der Waals surface area contributed by atoms with Gasteiger partial charge in [-0.15, -0.1) is 0 Å². The van der Waals surface area contributed by atoms with Gasteiger partial charge in [0.1, 0.15) is 6.10 Å². The summed E-state index contributed by atoms with van der Waals surface area (Å²) in [6.45, 7) is 16.4. The molecule has 2 N–H and O–H groups in total. The monoisotopic (exact) mass is 747 g/mol. The highest BCUT2D eigenvalue weighted by molar-refractivity contribution is 5.91. The first-order chi connectivity index (χ1) is 25.7. The van der Waals surface area contributed by atoms with Crippen molar-refractivity contribution in [3.63, 3.8) is 0 Å². The van der Waals surface area contributed by atoms with Gasteiger partial charge in [-0.25, -0.2) is 4.79 Å². The minimum atomic E-state index is -0.205. The van der Waals surface area contributed by atoms with Crippen LogP contribution in [0.4, 0.5) is 0 Å². The van der Waals surface area contributed by atoms with E-state index in [2.05, 4.69) is 40.7 Å². The van der Waals surface area contributed by atoms with Gasteiger partial charge in [-0.05, 0) is 185 Å². The van der Waals surface area contributed by atoms with Crippen LogP contribution in [0.15, 0.2) is 34.9 Å². The molecule has 0 aromatic carbocycles. The molecule has 8 aliphatic carbocycles. The van der Waals surface area contributed by atoms with Crippen molar-refractivity contribution in [1.29, 1.82) is 0 Å². The number of carbonyl (C=O) groups excluding carboxylic acids is 2. The quantitative estimate of drug-likeness (QED) is 0.199. The van der Waals surface area contributed by atoms with Crippen molar-refractivity contribution in [3.05, 3.63) is 34.9 Å². The van der Waals surface area contributed by atoms with Crippen LogP contribution in [-0.2, 0) is 19.1 Å². The minimum Gasteiger partial charge on any atom is -0.459 e. The van der Waals surface area contributed by atoms with Crippen molar-refractivity contribution in [2.45, 2.75) is 188 Å². The Labute approximate surface area is 327 Å². The highest BCUT2D eigenvalue weighted by Crippen LogP contribution is 2.67. The first-order valence-corrected chi connectivity index (χ1v) is 22.5. The number of aliphatic hydroxyl groups is 2. The molecule has 0 amide bonds. The summed E-state index contributed by atoms with van der Waals surface area (Å²) in [5.41, 5.74) is 4.95. The van der Waals surface area contributed by atoms with Gasteiger partial charge in [-0.3, -0.25) is 4.79 Å². The van der Waals surface area contributed by atoms with Gasteiger partial charge in [0.2, 0.25) is 0 Å². The SMILES string of the molecule is CCOC(C)CC(CC)OC(=O)/C=C1\C=C2CC[C@H]3[C@@H]4CC[C@H](O)[C@@]4(C)CC[C@@H]3[C@@]2(C)CC1.C[C@]12CC[C@H]3[C@@H](CCC4=CC(=O)CC[C@@]43C)[C@@H]1CC[C@@H]2O. The number of ether oxygens (including phenoxy) is 2. The number of ketones is 1. The highest BCUT2D eigenvalue weighted by Gasteiger charge is 2.60. The summed E-state index contributed by atoms with van der Waals surface area (Å²) in [6.07, 6.45) is 25.3. The van der Waals surface area contributed by atoms with E-state index in [1.54, 1.807) is 11.6 Å². The van der Waals surface area contributed by atoms with Gasteiger partial charge in [-0.2, -0.15) is 0 Å². The molecule has 14 atom stereocenters. The lowest BCUT2D eigenvalue weighted by Gasteiger charge is -2.58. The van der Waals surface area contributed by atoms with Crippen LogP contribution in [0.5, 0.6) is 0 Å². The van der Waals surface area contributed by atoms with Gasteiger partial charge in [0.05, 0.1) is 18.3 Å². The fourth-order valence-corrected chi connectivity index (χ4v) is 14.6. The molecular weight excluding hydrogens is 673 g/mol. The average Bonchev–Trinajstić information content (AvgIpc) is 3.62. The molecule has 8 rings (SSSR count). The zero-order valence-corrected chi connectivity index (χ0v) is 35.0. The maximum Gasteiger partial charge on any atom is 0.331 e. The number of carbonyl (C=O) groups is 2. The molecule has 302 valence electrons. The van der Waals surface area contributed by atoms with Gasteiger partial charge in [0, 0.05) is 25.5 Å². The Morgan fingerprint density at radius 3 is 1.81 bits per heavy atom. The van der Waals surface area contributed by atoms with Crippen LogP contribution in [0.3, 0.4) is 0 Å². The van der Waals surface area contributed by atoms with Crippen LogP contribution in [0.2, 0.25) is 0 Å². The van der Waals surface area contributed by atoms with E-state index in [1.165, 1.54) is 50.5 Å². The summed E-state index contributed by atoms with van der Waals surface area (Å²) in [4.78, 5) is 24.5. The lowest BCUT2D eigenvalue weighted by Crippen LogP contribution is -2.51. The topological polar surface area (TPSA) is 93.1 Å². The number of hydrogen-bond acceptors (Lipinski definition) is 6. The molecule has 0 spiro atoms. The van der Waals surface area contributed by atoms with Crippen molar-refractivity contribution < 1.29 is 29.3 Å². The molecule has 54 heavy (non-hydrogen) atoms. The zero-order valence-electron chi connectivity index (χ0n) is 35.0. The molecule has 0 bridgehead atoms. The molecule has 6 fully saturated rings. The molecule has 0 aliphatic heterocycles. The Morgan fingerprint density at radius 1 is 0.741 bits per heavy atom. The first kappa shape index (κ1) is 40.4. The largest absolute Gasteiger partial charge is 0.459 e. The van der Waals surface area contributed by atoms with Crippen LogP contribution in [0.1, 0.15) is 164 Å². The smallest absolute Gasteiger partial charge is 0.331 e.